The minimum absolute atomic E-state index is 0.0837. The van der Waals surface area contributed by atoms with Crippen molar-refractivity contribution in [3.05, 3.63) is 58.3 Å². The summed E-state index contributed by atoms with van der Waals surface area (Å²) >= 11 is 0. The number of carbonyl (C=O) groups excluding carboxylic acids is 1. The highest BCUT2D eigenvalue weighted by Gasteiger charge is 2.30. The monoisotopic (exact) mass is 345 g/mol. The standard InChI is InChI=1S/C16H16N4O5/c21-15-12(4-3-5-13(15)20(24)25)16(22)18-10-8-17(9-11-18)14-6-1-2-7-19(14)23/h1-7H,8-11H2,(H-,21,22,23)/p+1. The van der Waals surface area contributed by atoms with Crippen molar-refractivity contribution < 1.29 is 24.8 Å². The van der Waals surface area contributed by atoms with E-state index in [1.807, 2.05) is 4.90 Å². The molecule has 1 amide bonds. The summed E-state index contributed by atoms with van der Waals surface area (Å²) in [5.41, 5.74) is -0.574. The summed E-state index contributed by atoms with van der Waals surface area (Å²) in [6, 6.07) is 9.17. The second-order valence-corrected chi connectivity index (χ2v) is 5.61. The van der Waals surface area contributed by atoms with Crippen molar-refractivity contribution in [1.82, 2.24) is 4.90 Å². The van der Waals surface area contributed by atoms with Crippen LogP contribution in [0, 0.1) is 10.1 Å². The second kappa shape index (κ2) is 6.63. The Morgan fingerprint density at radius 3 is 2.48 bits per heavy atom. The van der Waals surface area contributed by atoms with Crippen LogP contribution < -0.4 is 9.63 Å². The Hall–Kier alpha value is -3.36. The Morgan fingerprint density at radius 2 is 1.84 bits per heavy atom. The van der Waals surface area contributed by atoms with E-state index >= 15 is 0 Å². The molecule has 1 aromatic heterocycles. The minimum atomic E-state index is -0.723. The highest BCUT2D eigenvalue weighted by atomic mass is 16.6. The van der Waals surface area contributed by atoms with E-state index in [0.717, 1.165) is 10.8 Å². The number of aromatic hydroxyl groups is 1. The summed E-state index contributed by atoms with van der Waals surface area (Å²) in [5.74, 6) is -0.449. The number of anilines is 1. The lowest BCUT2D eigenvalue weighted by molar-refractivity contribution is -0.894. The number of carbonyl (C=O) groups is 1. The summed E-state index contributed by atoms with van der Waals surface area (Å²) in [6.07, 6.45) is 1.52. The lowest BCUT2D eigenvalue weighted by Gasteiger charge is -2.31. The Morgan fingerprint density at radius 1 is 1.12 bits per heavy atom. The number of hydrogen-bond donors (Lipinski definition) is 2. The van der Waals surface area contributed by atoms with E-state index in [4.69, 9.17) is 0 Å². The van der Waals surface area contributed by atoms with Gasteiger partial charge in [0.15, 0.2) is 0 Å². The van der Waals surface area contributed by atoms with Crippen molar-refractivity contribution in [2.75, 3.05) is 31.1 Å². The van der Waals surface area contributed by atoms with E-state index in [2.05, 4.69) is 0 Å². The number of amides is 1. The van der Waals surface area contributed by atoms with E-state index < -0.39 is 22.3 Å². The SMILES string of the molecule is O=C(c1cccc([N+](=O)[O-])c1O)N1CCN(c2cccc[n+]2O)CC1. The van der Waals surface area contributed by atoms with Crippen molar-refractivity contribution in [3.63, 3.8) is 0 Å². The molecule has 25 heavy (non-hydrogen) atoms. The number of nitro benzene ring substituents is 1. The molecule has 1 saturated heterocycles. The molecule has 3 rings (SSSR count). The van der Waals surface area contributed by atoms with Gasteiger partial charge in [0.05, 0.1) is 23.6 Å². The van der Waals surface area contributed by atoms with Gasteiger partial charge in [-0.2, -0.15) is 0 Å². The second-order valence-electron chi connectivity index (χ2n) is 5.61. The van der Waals surface area contributed by atoms with Gasteiger partial charge in [-0.15, -0.1) is 0 Å². The Bertz CT molecular complexity index is 818. The maximum Gasteiger partial charge on any atom is 0.316 e. The van der Waals surface area contributed by atoms with Crippen molar-refractivity contribution in [3.8, 4) is 5.75 Å². The molecular formula is C16H17N4O5+. The molecular weight excluding hydrogens is 328 g/mol. The quantitative estimate of drug-likeness (QED) is 0.368. The molecule has 130 valence electrons. The summed E-state index contributed by atoms with van der Waals surface area (Å²) in [5, 5.41) is 30.7. The Kier molecular flexibility index (Phi) is 4.38. The fourth-order valence-corrected chi connectivity index (χ4v) is 2.84. The van der Waals surface area contributed by atoms with Crippen LogP contribution >= 0.6 is 0 Å². The molecule has 1 fully saturated rings. The minimum Gasteiger partial charge on any atom is -0.502 e. The topological polar surface area (TPSA) is 111 Å². The molecule has 9 heteroatoms. The van der Waals surface area contributed by atoms with Gasteiger partial charge in [0.2, 0.25) is 5.75 Å². The number of hydrogen-bond acceptors (Lipinski definition) is 6. The summed E-state index contributed by atoms with van der Waals surface area (Å²) in [4.78, 5) is 26.2. The largest absolute Gasteiger partial charge is 0.502 e. The fraction of sp³-hybridized carbons (Fsp3) is 0.250. The van der Waals surface area contributed by atoms with Gasteiger partial charge >= 0.3 is 11.5 Å². The first kappa shape index (κ1) is 16.5. The van der Waals surface area contributed by atoms with Crippen molar-refractivity contribution in [1.29, 1.82) is 0 Å². The Balaban J connectivity index is 1.73. The molecule has 0 aliphatic carbocycles. The molecule has 9 nitrogen and oxygen atoms in total. The lowest BCUT2D eigenvalue weighted by Crippen LogP contribution is -2.52. The van der Waals surface area contributed by atoms with Crippen LogP contribution in [0.15, 0.2) is 42.6 Å². The maximum absolute atomic E-state index is 12.6. The molecule has 0 spiro atoms. The highest BCUT2D eigenvalue weighted by molar-refractivity contribution is 5.98. The molecule has 0 radical (unpaired) electrons. The number of piperazine rings is 1. The van der Waals surface area contributed by atoms with Crippen LogP contribution in [0.1, 0.15) is 10.4 Å². The third-order valence-electron chi connectivity index (χ3n) is 4.15. The van der Waals surface area contributed by atoms with Crippen LogP contribution in [-0.2, 0) is 0 Å². The number of nitrogens with zero attached hydrogens (tertiary/aromatic N) is 4. The van der Waals surface area contributed by atoms with Gasteiger partial charge in [-0.05, 0) is 12.1 Å². The van der Waals surface area contributed by atoms with Crippen LogP contribution in [0.3, 0.4) is 0 Å². The summed E-state index contributed by atoms with van der Waals surface area (Å²) < 4.78 is 1.02. The van der Waals surface area contributed by atoms with Crippen LogP contribution in [0.25, 0.3) is 0 Å². The van der Waals surface area contributed by atoms with Gasteiger partial charge in [0, 0.05) is 12.1 Å². The van der Waals surface area contributed by atoms with Crippen LogP contribution in [0.2, 0.25) is 0 Å². The maximum atomic E-state index is 12.6. The first-order chi connectivity index (χ1) is 12.0. The number of para-hydroxylation sites is 1. The average molecular weight is 345 g/mol. The number of phenolic OH excluding ortho intramolecular Hbond substituents is 1. The molecule has 1 aromatic carbocycles. The van der Waals surface area contributed by atoms with Crippen molar-refractivity contribution in [2.45, 2.75) is 0 Å². The number of pyridine rings is 1. The smallest absolute Gasteiger partial charge is 0.316 e. The van der Waals surface area contributed by atoms with Gasteiger partial charge in [-0.3, -0.25) is 19.8 Å². The number of phenols is 1. The summed E-state index contributed by atoms with van der Waals surface area (Å²) in [7, 11) is 0. The van der Waals surface area contributed by atoms with Gasteiger partial charge in [-0.25, -0.2) is 0 Å². The zero-order chi connectivity index (χ0) is 18.0. The van der Waals surface area contributed by atoms with Gasteiger partial charge in [0.1, 0.15) is 19.3 Å². The van der Waals surface area contributed by atoms with Gasteiger partial charge < -0.3 is 15.2 Å². The molecule has 2 N–H and O–H groups in total. The third-order valence-corrected chi connectivity index (χ3v) is 4.15. The number of benzene rings is 1. The number of nitro groups is 1. The van der Waals surface area contributed by atoms with Crippen LogP contribution in [0.5, 0.6) is 5.75 Å². The Labute approximate surface area is 143 Å². The average Bonchev–Trinajstić information content (AvgIpc) is 2.62. The summed E-state index contributed by atoms with van der Waals surface area (Å²) in [6.45, 7) is 1.73. The van der Waals surface area contributed by atoms with Crippen molar-refractivity contribution in [2.24, 2.45) is 0 Å². The third kappa shape index (κ3) is 3.16. The van der Waals surface area contributed by atoms with E-state index in [1.165, 1.54) is 23.2 Å². The molecule has 0 atom stereocenters. The molecule has 0 saturated carbocycles. The molecule has 1 aliphatic rings. The first-order valence-electron chi connectivity index (χ1n) is 7.69. The van der Waals surface area contributed by atoms with E-state index in [0.29, 0.717) is 32.0 Å². The molecule has 0 unspecified atom stereocenters. The van der Waals surface area contributed by atoms with Gasteiger partial charge in [0.25, 0.3) is 5.91 Å². The first-order valence-corrected chi connectivity index (χ1v) is 7.69. The lowest BCUT2D eigenvalue weighted by atomic mass is 10.1. The van der Waals surface area contributed by atoms with E-state index in [1.54, 1.807) is 18.2 Å². The fourth-order valence-electron chi connectivity index (χ4n) is 2.84. The van der Waals surface area contributed by atoms with E-state index in [-0.39, 0.29) is 5.56 Å². The predicted molar refractivity (Wildman–Crippen MR) is 86.7 cm³/mol. The number of aromatic nitrogens is 1. The molecule has 2 heterocycles. The van der Waals surface area contributed by atoms with Gasteiger partial charge in [-0.1, -0.05) is 16.9 Å². The van der Waals surface area contributed by atoms with E-state index in [9.17, 15) is 25.2 Å². The molecule has 1 aliphatic heterocycles. The van der Waals surface area contributed by atoms with Crippen molar-refractivity contribution >= 4 is 17.4 Å². The highest BCUT2D eigenvalue weighted by Crippen LogP contribution is 2.30. The van der Waals surface area contributed by atoms with Crippen LogP contribution in [-0.4, -0.2) is 52.2 Å². The molecule has 0 bridgehead atoms. The zero-order valence-electron chi connectivity index (χ0n) is 13.3. The normalized spacial score (nSPS) is 14.4. The predicted octanol–water partition coefficient (Wildman–Crippen LogP) is 0.788. The molecule has 2 aromatic rings. The number of rotatable bonds is 3. The zero-order valence-corrected chi connectivity index (χ0v) is 13.3. The van der Waals surface area contributed by atoms with Crippen LogP contribution in [0.4, 0.5) is 11.5 Å².